The highest BCUT2D eigenvalue weighted by Gasteiger charge is 2.12. The lowest BCUT2D eigenvalue weighted by atomic mass is 10.1. The molecule has 0 heterocycles. The number of methoxy groups -OCH3 is 1. The first-order chi connectivity index (χ1) is 11.0. The van der Waals surface area contributed by atoms with Crippen LogP contribution in [0.15, 0.2) is 36.4 Å². The van der Waals surface area contributed by atoms with Crippen LogP contribution in [0.4, 0.5) is 18.9 Å². The first-order valence-corrected chi connectivity index (χ1v) is 6.59. The summed E-state index contributed by atoms with van der Waals surface area (Å²) in [6, 6.07) is 10.5. The van der Waals surface area contributed by atoms with Gasteiger partial charge in [-0.3, -0.25) is 0 Å². The zero-order chi connectivity index (χ0) is 16.8. The van der Waals surface area contributed by atoms with E-state index in [1.807, 2.05) is 0 Å². The lowest BCUT2D eigenvalue weighted by Gasteiger charge is -2.13. The number of anilines is 1. The average molecular weight is 322 g/mol. The topological polar surface area (TPSA) is 54.3 Å². The normalized spacial score (nSPS) is 10.3. The number of hydrogen-bond acceptors (Lipinski definition) is 4. The van der Waals surface area contributed by atoms with Crippen molar-refractivity contribution in [1.82, 2.24) is 0 Å². The fourth-order valence-corrected chi connectivity index (χ4v) is 2.00. The number of benzene rings is 2. The van der Waals surface area contributed by atoms with Crippen molar-refractivity contribution < 1.29 is 22.6 Å². The van der Waals surface area contributed by atoms with Crippen LogP contribution in [0.25, 0.3) is 0 Å². The second-order valence-electron chi connectivity index (χ2n) is 4.49. The fraction of sp³-hybridized carbons (Fsp3) is 0.188. The predicted octanol–water partition coefficient (Wildman–Crippen LogP) is 3.92. The van der Waals surface area contributed by atoms with E-state index in [0.717, 1.165) is 0 Å². The molecule has 7 heteroatoms. The summed E-state index contributed by atoms with van der Waals surface area (Å²) in [7, 11) is 1.34. The van der Waals surface area contributed by atoms with Gasteiger partial charge in [-0.05, 0) is 29.8 Å². The molecule has 120 valence electrons. The lowest BCUT2D eigenvalue weighted by Crippen LogP contribution is -2.05. The number of nitrogens with one attached hydrogen (secondary N) is 1. The molecule has 0 amide bonds. The van der Waals surface area contributed by atoms with Crippen molar-refractivity contribution in [2.75, 3.05) is 12.4 Å². The molecule has 0 spiro atoms. The standard InChI is InChI=1S/C16H13F3N2O2/c1-22-15-7-10(5-6-14(15)23-16(18)19)9-21-13-4-2-3-12(17)11(13)8-20/h2-7,16,21H,9H2,1H3. The summed E-state index contributed by atoms with van der Waals surface area (Å²) >= 11 is 0. The Labute approximate surface area is 131 Å². The minimum atomic E-state index is -2.95. The molecule has 0 atom stereocenters. The number of ether oxygens (including phenoxy) is 2. The van der Waals surface area contributed by atoms with Gasteiger partial charge in [-0.2, -0.15) is 14.0 Å². The molecule has 0 saturated carbocycles. The third-order valence-electron chi connectivity index (χ3n) is 3.05. The maximum atomic E-state index is 13.5. The Bertz CT molecular complexity index is 730. The van der Waals surface area contributed by atoms with E-state index in [9.17, 15) is 13.2 Å². The Morgan fingerprint density at radius 3 is 2.65 bits per heavy atom. The van der Waals surface area contributed by atoms with Gasteiger partial charge in [0.25, 0.3) is 0 Å². The van der Waals surface area contributed by atoms with Crippen molar-refractivity contribution in [3.05, 3.63) is 53.3 Å². The van der Waals surface area contributed by atoms with Crippen LogP contribution in [0.2, 0.25) is 0 Å². The molecule has 0 unspecified atom stereocenters. The molecule has 0 radical (unpaired) electrons. The molecule has 0 aromatic heterocycles. The summed E-state index contributed by atoms with van der Waals surface area (Å²) in [5, 5.41) is 11.9. The second-order valence-corrected chi connectivity index (χ2v) is 4.49. The monoisotopic (exact) mass is 322 g/mol. The number of rotatable bonds is 6. The van der Waals surface area contributed by atoms with Gasteiger partial charge in [-0.25, -0.2) is 4.39 Å². The van der Waals surface area contributed by atoms with Crippen molar-refractivity contribution in [2.45, 2.75) is 13.2 Å². The lowest BCUT2D eigenvalue weighted by molar-refractivity contribution is -0.0512. The van der Waals surface area contributed by atoms with Crippen LogP contribution in [0, 0.1) is 17.1 Å². The maximum Gasteiger partial charge on any atom is 0.387 e. The van der Waals surface area contributed by atoms with Gasteiger partial charge in [-0.15, -0.1) is 0 Å². The molecule has 23 heavy (non-hydrogen) atoms. The Balaban J connectivity index is 2.16. The van der Waals surface area contributed by atoms with Crippen LogP contribution >= 0.6 is 0 Å². The van der Waals surface area contributed by atoms with E-state index in [4.69, 9.17) is 10.00 Å². The number of nitriles is 1. The van der Waals surface area contributed by atoms with E-state index >= 15 is 0 Å². The van der Waals surface area contributed by atoms with Crippen LogP contribution in [0.5, 0.6) is 11.5 Å². The van der Waals surface area contributed by atoms with Gasteiger partial charge in [0.05, 0.1) is 12.8 Å². The summed E-state index contributed by atoms with van der Waals surface area (Å²) in [4.78, 5) is 0. The summed E-state index contributed by atoms with van der Waals surface area (Å²) in [5.74, 6) is -0.533. The van der Waals surface area contributed by atoms with Gasteiger partial charge >= 0.3 is 6.61 Å². The Morgan fingerprint density at radius 2 is 2.00 bits per heavy atom. The van der Waals surface area contributed by atoms with Gasteiger partial charge in [-0.1, -0.05) is 12.1 Å². The molecule has 0 bridgehead atoms. The summed E-state index contributed by atoms with van der Waals surface area (Å²) in [6.45, 7) is -2.69. The highest BCUT2D eigenvalue weighted by atomic mass is 19.3. The number of alkyl halides is 2. The first-order valence-electron chi connectivity index (χ1n) is 6.59. The zero-order valence-corrected chi connectivity index (χ0v) is 12.1. The molecule has 4 nitrogen and oxygen atoms in total. The highest BCUT2D eigenvalue weighted by molar-refractivity contribution is 5.58. The maximum absolute atomic E-state index is 13.5. The average Bonchev–Trinajstić information content (AvgIpc) is 2.53. The summed E-state index contributed by atoms with van der Waals surface area (Å²) < 4.78 is 47.4. The Morgan fingerprint density at radius 1 is 1.22 bits per heavy atom. The molecule has 0 saturated heterocycles. The molecule has 0 aliphatic heterocycles. The molecule has 0 fully saturated rings. The first kappa shape index (κ1) is 16.5. The smallest absolute Gasteiger partial charge is 0.387 e. The fourth-order valence-electron chi connectivity index (χ4n) is 2.00. The minimum absolute atomic E-state index is 0.0743. The molecule has 0 aliphatic carbocycles. The molecule has 2 aromatic carbocycles. The Kier molecular flexibility index (Phi) is 5.31. The van der Waals surface area contributed by atoms with Gasteiger partial charge in [0.1, 0.15) is 17.4 Å². The van der Waals surface area contributed by atoms with Gasteiger partial charge in [0.2, 0.25) is 0 Å². The molecule has 1 N–H and O–H groups in total. The third kappa shape index (κ3) is 4.07. The quantitative estimate of drug-likeness (QED) is 0.876. The SMILES string of the molecule is COc1cc(CNc2cccc(F)c2C#N)ccc1OC(F)F. The second kappa shape index (κ2) is 7.40. The minimum Gasteiger partial charge on any atom is -0.493 e. The molecule has 2 aromatic rings. The predicted molar refractivity (Wildman–Crippen MR) is 78.1 cm³/mol. The van der Waals surface area contributed by atoms with E-state index in [-0.39, 0.29) is 23.6 Å². The summed E-state index contributed by atoms with van der Waals surface area (Å²) in [6.07, 6.45) is 0. The van der Waals surface area contributed by atoms with Crippen molar-refractivity contribution >= 4 is 5.69 Å². The number of nitrogens with zero attached hydrogens (tertiary/aromatic N) is 1. The van der Waals surface area contributed by atoms with Crippen molar-refractivity contribution in [3.8, 4) is 17.6 Å². The molecule has 2 rings (SSSR count). The largest absolute Gasteiger partial charge is 0.493 e. The van der Waals surface area contributed by atoms with Gasteiger partial charge in [0.15, 0.2) is 11.5 Å². The van der Waals surface area contributed by atoms with Crippen LogP contribution in [0.1, 0.15) is 11.1 Å². The van der Waals surface area contributed by atoms with E-state index in [1.54, 1.807) is 18.2 Å². The van der Waals surface area contributed by atoms with E-state index < -0.39 is 12.4 Å². The van der Waals surface area contributed by atoms with Crippen molar-refractivity contribution in [2.24, 2.45) is 0 Å². The van der Waals surface area contributed by atoms with Gasteiger partial charge in [0, 0.05) is 6.54 Å². The van der Waals surface area contributed by atoms with Crippen LogP contribution in [-0.2, 0) is 6.54 Å². The molecule has 0 aliphatic rings. The zero-order valence-electron chi connectivity index (χ0n) is 12.1. The van der Waals surface area contributed by atoms with Gasteiger partial charge < -0.3 is 14.8 Å². The number of hydrogen-bond donors (Lipinski definition) is 1. The third-order valence-corrected chi connectivity index (χ3v) is 3.05. The summed E-state index contributed by atoms with van der Waals surface area (Å²) in [5.41, 5.74) is 0.952. The number of halogens is 3. The van der Waals surface area contributed by atoms with E-state index in [0.29, 0.717) is 11.3 Å². The van der Waals surface area contributed by atoms with Crippen LogP contribution in [0.3, 0.4) is 0 Å². The van der Waals surface area contributed by atoms with E-state index in [2.05, 4.69) is 10.1 Å². The highest BCUT2D eigenvalue weighted by Crippen LogP contribution is 2.30. The van der Waals surface area contributed by atoms with Crippen molar-refractivity contribution in [1.29, 1.82) is 5.26 Å². The van der Waals surface area contributed by atoms with Crippen LogP contribution < -0.4 is 14.8 Å². The van der Waals surface area contributed by atoms with E-state index in [1.165, 1.54) is 31.4 Å². The van der Waals surface area contributed by atoms with Crippen LogP contribution in [-0.4, -0.2) is 13.7 Å². The Hall–Kier alpha value is -2.88. The molecular formula is C16H13F3N2O2. The molecular weight excluding hydrogens is 309 g/mol. The van der Waals surface area contributed by atoms with Crippen molar-refractivity contribution in [3.63, 3.8) is 0 Å².